The average Bonchev–Trinajstić information content (AvgIpc) is 2.91. The smallest absolute Gasteiger partial charge is 0.186 e. The second-order valence-electron chi connectivity index (χ2n) is 5.97. The fourth-order valence-electron chi connectivity index (χ4n) is 3.01. The maximum atomic E-state index is 5.91. The number of hydrogen-bond acceptors (Lipinski definition) is 6. The van der Waals surface area contributed by atoms with Crippen LogP contribution in [0.3, 0.4) is 0 Å². The lowest BCUT2D eigenvalue weighted by atomic mass is 10.1. The average molecular weight is 288 g/mol. The van der Waals surface area contributed by atoms with Crippen LogP contribution in [0.1, 0.15) is 33.1 Å². The highest BCUT2D eigenvalue weighted by molar-refractivity contribution is 4.95. The molecule has 0 aromatic rings. The third-order valence-electron chi connectivity index (χ3n) is 3.92. The predicted octanol–water partition coefficient (Wildman–Crippen LogP) is 1.42. The molecule has 3 saturated heterocycles. The minimum Gasteiger partial charge on any atom is -0.353 e. The van der Waals surface area contributed by atoms with Crippen LogP contribution in [-0.4, -0.2) is 57.0 Å². The van der Waals surface area contributed by atoms with Crippen LogP contribution in [0.5, 0.6) is 0 Å². The van der Waals surface area contributed by atoms with Crippen molar-refractivity contribution in [1.29, 1.82) is 0 Å². The van der Waals surface area contributed by atoms with Crippen LogP contribution in [0.2, 0.25) is 0 Å². The van der Waals surface area contributed by atoms with Gasteiger partial charge in [0.15, 0.2) is 18.4 Å². The van der Waals surface area contributed by atoms with Crippen LogP contribution in [-0.2, 0) is 28.4 Å². The van der Waals surface area contributed by atoms with E-state index in [1.165, 1.54) is 0 Å². The van der Waals surface area contributed by atoms with Crippen molar-refractivity contribution in [2.24, 2.45) is 0 Å². The van der Waals surface area contributed by atoms with E-state index in [1.54, 1.807) is 7.11 Å². The van der Waals surface area contributed by atoms with Crippen molar-refractivity contribution in [1.82, 2.24) is 0 Å². The van der Waals surface area contributed by atoms with Crippen molar-refractivity contribution >= 4 is 0 Å². The minimum absolute atomic E-state index is 0.122. The van der Waals surface area contributed by atoms with Crippen molar-refractivity contribution in [2.75, 3.05) is 20.3 Å². The first-order valence-electron chi connectivity index (χ1n) is 7.36. The van der Waals surface area contributed by atoms with Gasteiger partial charge < -0.3 is 28.4 Å². The summed E-state index contributed by atoms with van der Waals surface area (Å²) in [7, 11) is 1.61. The molecule has 5 atom stereocenters. The Morgan fingerprint density at radius 1 is 1.15 bits per heavy atom. The van der Waals surface area contributed by atoms with E-state index >= 15 is 0 Å². The SMILES string of the molecule is CO[C@@H]1O[C@H](COC2CCCCO2)[C@H]2OC(C)(C)O[C@@H]12. The first-order valence-corrected chi connectivity index (χ1v) is 7.36. The van der Waals surface area contributed by atoms with Gasteiger partial charge >= 0.3 is 0 Å². The number of methoxy groups -OCH3 is 1. The van der Waals surface area contributed by atoms with E-state index < -0.39 is 12.1 Å². The monoisotopic (exact) mass is 288 g/mol. The molecular weight excluding hydrogens is 264 g/mol. The lowest BCUT2D eigenvalue weighted by Gasteiger charge is -2.26. The van der Waals surface area contributed by atoms with Gasteiger partial charge in [0, 0.05) is 13.7 Å². The number of rotatable bonds is 4. The molecule has 0 aromatic heterocycles. The van der Waals surface area contributed by atoms with E-state index in [9.17, 15) is 0 Å². The van der Waals surface area contributed by atoms with Gasteiger partial charge in [-0.3, -0.25) is 0 Å². The maximum absolute atomic E-state index is 5.91. The Bertz CT molecular complexity index is 328. The Kier molecular flexibility index (Phi) is 4.31. The maximum Gasteiger partial charge on any atom is 0.186 e. The third-order valence-corrected chi connectivity index (χ3v) is 3.92. The highest BCUT2D eigenvalue weighted by atomic mass is 16.8. The second kappa shape index (κ2) is 5.87. The molecule has 116 valence electrons. The van der Waals surface area contributed by atoms with Gasteiger partial charge in [0.05, 0.1) is 6.61 Å². The first kappa shape index (κ1) is 14.7. The zero-order valence-corrected chi connectivity index (χ0v) is 12.4. The van der Waals surface area contributed by atoms with E-state index in [0.29, 0.717) is 6.61 Å². The van der Waals surface area contributed by atoms with Gasteiger partial charge in [-0.15, -0.1) is 0 Å². The Balaban J connectivity index is 1.56. The van der Waals surface area contributed by atoms with Gasteiger partial charge in [-0.1, -0.05) is 0 Å². The number of ether oxygens (including phenoxy) is 6. The van der Waals surface area contributed by atoms with Crippen molar-refractivity contribution < 1.29 is 28.4 Å². The summed E-state index contributed by atoms with van der Waals surface area (Å²) in [4.78, 5) is 0. The summed E-state index contributed by atoms with van der Waals surface area (Å²) in [6.07, 6.45) is 2.14. The summed E-state index contributed by atoms with van der Waals surface area (Å²) in [5, 5.41) is 0. The van der Waals surface area contributed by atoms with E-state index in [0.717, 1.165) is 25.9 Å². The normalized spacial score (nSPS) is 43.6. The molecule has 1 unspecified atom stereocenters. The molecule has 0 aromatic carbocycles. The molecule has 0 saturated carbocycles. The Labute approximate surface area is 119 Å². The van der Waals surface area contributed by atoms with Gasteiger partial charge in [-0.05, 0) is 33.1 Å². The van der Waals surface area contributed by atoms with Crippen molar-refractivity contribution in [3.63, 3.8) is 0 Å². The highest BCUT2D eigenvalue weighted by Crippen LogP contribution is 2.39. The van der Waals surface area contributed by atoms with Gasteiger partial charge in [-0.25, -0.2) is 0 Å². The quantitative estimate of drug-likeness (QED) is 0.780. The summed E-state index contributed by atoms with van der Waals surface area (Å²) in [5.41, 5.74) is 0. The summed E-state index contributed by atoms with van der Waals surface area (Å²) >= 11 is 0. The largest absolute Gasteiger partial charge is 0.353 e. The topological polar surface area (TPSA) is 55.4 Å². The Hall–Kier alpha value is -0.240. The molecule has 3 aliphatic heterocycles. The standard InChI is InChI=1S/C14H24O6/c1-14(2)19-11-9(18-13(15-3)12(11)20-14)8-17-10-6-4-5-7-16-10/h9-13H,4-8H2,1-3H3/t9-,10?,11-,12-,13-/m1/s1. The molecule has 6 heteroatoms. The third kappa shape index (κ3) is 3.00. The first-order chi connectivity index (χ1) is 9.59. The van der Waals surface area contributed by atoms with Crippen molar-refractivity contribution in [3.8, 4) is 0 Å². The summed E-state index contributed by atoms with van der Waals surface area (Å²) in [6.45, 7) is 5.02. The molecule has 0 aliphatic carbocycles. The summed E-state index contributed by atoms with van der Waals surface area (Å²) in [5.74, 6) is -0.602. The van der Waals surface area contributed by atoms with Crippen molar-refractivity contribution in [3.05, 3.63) is 0 Å². The molecule has 3 heterocycles. The molecule has 3 aliphatic rings. The van der Waals surface area contributed by atoms with Gasteiger partial charge in [0.2, 0.25) is 0 Å². The zero-order chi connectivity index (χ0) is 14.2. The second-order valence-corrected chi connectivity index (χ2v) is 5.97. The van der Waals surface area contributed by atoms with Crippen LogP contribution in [0, 0.1) is 0 Å². The molecule has 0 amide bonds. The van der Waals surface area contributed by atoms with Crippen molar-refractivity contribution in [2.45, 2.75) is 69.8 Å². The van der Waals surface area contributed by atoms with Gasteiger partial charge in [0.1, 0.15) is 18.3 Å². The van der Waals surface area contributed by atoms with Gasteiger partial charge in [-0.2, -0.15) is 0 Å². The molecule has 0 N–H and O–H groups in total. The van der Waals surface area contributed by atoms with Crippen LogP contribution >= 0.6 is 0 Å². The van der Waals surface area contributed by atoms with E-state index in [1.807, 2.05) is 13.8 Å². The Morgan fingerprint density at radius 2 is 1.95 bits per heavy atom. The Morgan fingerprint density at radius 3 is 2.65 bits per heavy atom. The van der Waals surface area contributed by atoms with Gasteiger partial charge in [0.25, 0.3) is 0 Å². The minimum atomic E-state index is -0.602. The summed E-state index contributed by atoms with van der Waals surface area (Å²) < 4.78 is 34.2. The molecule has 0 radical (unpaired) electrons. The number of hydrogen-bond donors (Lipinski definition) is 0. The molecule has 20 heavy (non-hydrogen) atoms. The fourth-order valence-corrected chi connectivity index (χ4v) is 3.01. The molecular formula is C14H24O6. The molecule has 0 spiro atoms. The van der Waals surface area contributed by atoms with E-state index in [4.69, 9.17) is 28.4 Å². The lowest BCUT2D eigenvalue weighted by molar-refractivity contribution is -0.242. The van der Waals surface area contributed by atoms with Crippen LogP contribution < -0.4 is 0 Å². The zero-order valence-electron chi connectivity index (χ0n) is 12.4. The number of fused-ring (bicyclic) bond motifs is 1. The molecule has 6 nitrogen and oxygen atoms in total. The molecule has 3 fully saturated rings. The van der Waals surface area contributed by atoms with Crippen LogP contribution in [0.25, 0.3) is 0 Å². The van der Waals surface area contributed by atoms with Crippen LogP contribution in [0.4, 0.5) is 0 Å². The van der Waals surface area contributed by atoms with Crippen LogP contribution in [0.15, 0.2) is 0 Å². The lowest BCUT2D eigenvalue weighted by Crippen LogP contribution is -2.35. The molecule has 0 bridgehead atoms. The molecule has 3 rings (SSSR count). The highest BCUT2D eigenvalue weighted by Gasteiger charge is 2.55. The van der Waals surface area contributed by atoms with E-state index in [2.05, 4.69) is 0 Å². The van der Waals surface area contributed by atoms with E-state index in [-0.39, 0.29) is 24.6 Å². The predicted molar refractivity (Wildman–Crippen MR) is 69.0 cm³/mol. The summed E-state index contributed by atoms with van der Waals surface area (Å²) in [6, 6.07) is 0. The fraction of sp³-hybridized carbons (Fsp3) is 1.00.